The van der Waals surface area contributed by atoms with E-state index in [0.717, 1.165) is 6.29 Å². The number of benzene rings is 2. The molecular formula is C17H17FO3. The van der Waals surface area contributed by atoms with Crippen molar-refractivity contribution in [1.82, 2.24) is 0 Å². The molecule has 0 aromatic heterocycles. The number of aldehydes is 1. The highest BCUT2D eigenvalue weighted by Gasteiger charge is 2.06. The van der Waals surface area contributed by atoms with E-state index in [9.17, 15) is 9.18 Å². The molecule has 0 aliphatic rings. The third-order valence-corrected chi connectivity index (χ3v) is 2.76. The molecule has 0 atom stereocenters. The Morgan fingerprint density at radius 3 is 2.52 bits per heavy atom. The third kappa shape index (κ3) is 4.31. The summed E-state index contributed by atoms with van der Waals surface area (Å²) >= 11 is 0. The molecule has 0 amide bonds. The summed E-state index contributed by atoms with van der Waals surface area (Å²) in [7, 11) is 0. The normalized spacial score (nSPS) is 10.5. The van der Waals surface area contributed by atoms with Crippen molar-refractivity contribution in [2.45, 2.75) is 26.6 Å². The Labute approximate surface area is 123 Å². The van der Waals surface area contributed by atoms with Gasteiger partial charge in [0.15, 0.2) is 0 Å². The molecule has 0 heterocycles. The maximum absolute atomic E-state index is 13.5. The van der Waals surface area contributed by atoms with Gasteiger partial charge >= 0.3 is 0 Å². The Morgan fingerprint density at radius 2 is 1.86 bits per heavy atom. The summed E-state index contributed by atoms with van der Waals surface area (Å²) < 4.78 is 24.6. The minimum absolute atomic E-state index is 0.00804. The van der Waals surface area contributed by atoms with Gasteiger partial charge in [-0.15, -0.1) is 0 Å². The lowest BCUT2D eigenvalue weighted by Crippen LogP contribution is -2.06. The van der Waals surface area contributed by atoms with E-state index in [-0.39, 0.29) is 18.5 Å². The zero-order valence-electron chi connectivity index (χ0n) is 12.0. The monoisotopic (exact) mass is 288 g/mol. The topological polar surface area (TPSA) is 35.5 Å². The maximum Gasteiger partial charge on any atom is 0.150 e. The Hall–Kier alpha value is -2.36. The number of carbonyl (C=O) groups is 1. The van der Waals surface area contributed by atoms with Gasteiger partial charge in [-0.2, -0.15) is 0 Å². The first-order chi connectivity index (χ1) is 10.1. The number of hydrogen-bond donors (Lipinski definition) is 0. The molecule has 0 bridgehead atoms. The van der Waals surface area contributed by atoms with Crippen LogP contribution in [0.4, 0.5) is 4.39 Å². The van der Waals surface area contributed by atoms with Crippen LogP contribution in [0.3, 0.4) is 0 Å². The smallest absolute Gasteiger partial charge is 0.150 e. The van der Waals surface area contributed by atoms with Gasteiger partial charge in [0.1, 0.15) is 30.2 Å². The Balaban J connectivity index is 2.15. The summed E-state index contributed by atoms with van der Waals surface area (Å²) in [5.74, 6) is 0.708. The van der Waals surface area contributed by atoms with Gasteiger partial charge in [-0.05, 0) is 32.0 Å². The molecule has 0 unspecified atom stereocenters. The standard InChI is InChI=1S/C17H17FO3/c1-12(2)21-16-8-13(10-19)7-15(9-16)20-11-14-5-3-4-6-17(14)18/h3-10,12H,11H2,1-2H3. The Kier molecular flexibility index (Phi) is 4.93. The molecule has 0 N–H and O–H groups in total. The second-order valence-corrected chi connectivity index (χ2v) is 4.90. The molecule has 0 aliphatic heterocycles. The average molecular weight is 288 g/mol. The van der Waals surface area contributed by atoms with Crippen LogP contribution in [0.15, 0.2) is 42.5 Å². The van der Waals surface area contributed by atoms with Crippen LogP contribution in [0.25, 0.3) is 0 Å². The molecule has 21 heavy (non-hydrogen) atoms. The largest absolute Gasteiger partial charge is 0.491 e. The molecule has 0 saturated heterocycles. The molecule has 2 aromatic carbocycles. The van der Waals surface area contributed by atoms with E-state index >= 15 is 0 Å². The summed E-state index contributed by atoms with van der Waals surface area (Å²) in [6.45, 7) is 3.89. The molecule has 4 heteroatoms. The van der Waals surface area contributed by atoms with Crippen molar-refractivity contribution < 1.29 is 18.7 Å². The highest BCUT2D eigenvalue weighted by molar-refractivity contribution is 5.76. The lowest BCUT2D eigenvalue weighted by atomic mass is 10.2. The number of carbonyl (C=O) groups excluding carboxylic acids is 1. The maximum atomic E-state index is 13.5. The third-order valence-electron chi connectivity index (χ3n) is 2.76. The lowest BCUT2D eigenvalue weighted by molar-refractivity contribution is 0.112. The fourth-order valence-electron chi connectivity index (χ4n) is 1.86. The second kappa shape index (κ2) is 6.88. The van der Waals surface area contributed by atoms with Crippen molar-refractivity contribution in [3.63, 3.8) is 0 Å². The zero-order valence-corrected chi connectivity index (χ0v) is 12.0. The minimum Gasteiger partial charge on any atom is -0.491 e. The average Bonchev–Trinajstić information content (AvgIpc) is 2.45. The molecule has 0 fully saturated rings. The predicted octanol–water partition coefficient (Wildman–Crippen LogP) is 4.00. The highest BCUT2D eigenvalue weighted by atomic mass is 19.1. The molecule has 0 spiro atoms. The van der Waals surface area contributed by atoms with Gasteiger partial charge < -0.3 is 9.47 Å². The van der Waals surface area contributed by atoms with Gasteiger partial charge in [-0.25, -0.2) is 4.39 Å². The summed E-state index contributed by atoms with van der Waals surface area (Å²) in [6.07, 6.45) is 0.717. The quantitative estimate of drug-likeness (QED) is 0.754. The number of ether oxygens (including phenoxy) is 2. The van der Waals surface area contributed by atoms with Crippen LogP contribution in [-0.2, 0) is 6.61 Å². The van der Waals surface area contributed by atoms with Crippen molar-refractivity contribution >= 4 is 6.29 Å². The molecule has 0 aliphatic carbocycles. The SMILES string of the molecule is CC(C)Oc1cc(C=O)cc(OCc2ccccc2F)c1. The van der Waals surface area contributed by atoms with E-state index in [2.05, 4.69) is 0 Å². The number of halogens is 1. The summed E-state index contributed by atoms with van der Waals surface area (Å²) in [5, 5.41) is 0. The van der Waals surface area contributed by atoms with Crippen molar-refractivity contribution in [3.05, 3.63) is 59.4 Å². The molecule has 0 saturated carbocycles. The minimum atomic E-state index is -0.317. The van der Waals surface area contributed by atoms with Gasteiger partial charge in [-0.1, -0.05) is 18.2 Å². The Bertz CT molecular complexity index is 623. The summed E-state index contributed by atoms with van der Waals surface area (Å²) in [4.78, 5) is 11.0. The first-order valence-corrected chi connectivity index (χ1v) is 6.71. The first kappa shape index (κ1) is 15.0. The molecule has 2 rings (SSSR count). The Morgan fingerprint density at radius 1 is 1.14 bits per heavy atom. The number of hydrogen-bond acceptors (Lipinski definition) is 3. The lowest BCUT2D eigenvalue weighted by Gasteiger charge is -2.13. The van der Waals surface area contributed by atoms with Gasteiger partial charge in [0.2, 0.25) is 0 Å². The van der Waals surface area contributed by atoms with Crippen molar-refractivity contribution in [1.29, 1.82) is 0 Å². The van der Waals surface area contributed by atoms with Crippen LogP contribution in [0.2, 0.25) is 0 Å². The van der Waals surface area contributed by atoms with E-state index in [0.29, 0.717) is 22.6 Å². The highest BCUT2D eigenvalue weighted by Crippen LogP contribution is 2.24. The van der Waals surface area contributed by atoms with E-state index in [1.807, 2.05) is 13.8 Å². The summed E-state index contributed by atoms with van der Waals surface area (Å²) in [6, 6.07) is 11.3. The molecule has 110 valence electrons. The van der Waals surface area contributed by atoms with Gasteiger partial charge in [0, 0.05) is 17.2 Å². The fraction of sp³-hybridized carbons (Fsp3) is 0.235. The van der Waals surface area contributed by atoms with Crippen LogP contribution in [0.5, 0.6) is 11.5 Å². The molecule has 0 radical (unpaired) electrons. The van der Waals surface area contributed by atoms with Crippen molar-refractivity contribution in [2.75, 3.05) is 0 Å². The van der Waals surface area contributed by atoms with Crippen LogP contribution in [0.1, 0.15) is 29.8 Å². The van der Waals surface area contributed by atoms with Crippen LogP contribution < -0.4 is 9.47 Å². The molecule has 2 aromatic rings. The first-order valence-electron chi connectivity index (χ1n) is 6.71. The van der Waals surface area contributed by atoms with E-state index < -0.39 is 0 Å². The van der Waals surface area contributed by atoms with Crippen molar-refractivity contribution in [3.8, 4) is 11.5 Å². The fourth-order valence-corrected chi connectivity index (χ4v) is 1.86. The van der Waals surface area contributed by atoms with Gasteiger partial charge in [0.05, 0.1) is 6.10 Å². The van der Waals surface area contributed by atoms with Gasteiger partial charge in [-0.3, -0.25) is 4.79 Å². The van der Waals surface area contributed by atoms with E-state index in [4.69, 9.17) is 9.47 Å². The zero-order chi connectivity index (χ0) is 15.2. The molecule has 3 nitrogen and oxygen atoms in total. The van der Waals surface area contributed by atoms with E-state index in [1.54, 1.807) is 36.4 Å². The summed E-state index contributed by atoms with van der Waals surface area (Å²) in [5.41, 5.74) is 0.914. The van der Waals surface area contributed by atoms with Crippen LogP contribution >= 0.6 is 0 Å². The predicted molar refractivity (Wildman–Crippen MR) is 78.3 cm³/mol. The van der Waals surface area contributed by atoms with Crippen molar-refractivity contribution in [2.24, 2.45) is 0 Å². The second-order valence-electron chi connectivity index (χ2n) is 4.90. The van der Waals surface area contributed by atoms with Crippen LogP contribution in [-0.4, -0.2) is 12.4 Å². The molecular weight excluding hydrogens is 271 g/mol. The van der Waals surface area contributed by atoms with Crippen LogP contribution in [0, 0.1) is 5.82 Å². The van der Waals surface area contributed by atoms with E-state index in [1.165, 1.54) is 6.07 Å². The number of rotatable bonds is 6. The van der Waals surface area contributed by atoms with Gasteiger partial charge in [0.25, 0.3) is 0 Å².